The molecule has 0 aliphatic heterocycles. The summed E-state index contributed by atoms with van der Waals surface area (Å²) in [6.07, 6.45) is 3.66. The van der Waals surface area contributed by atoms with E-state index in [9.17, 15) is 19.2 Å². The molecule has 3 aromatic rings. The number of amides is 2. The maximum atomic E-state index is 12.7. The number of hydrogen-bond acceptors (Lipinski definition) is 9. The van der Waals surface area contributed by atoms with Gasteiger partial charge in [-0.25, -0.2) is 15.0 Å². The average molecular weight is 643 g/mol. The Morgan fingerprint density at radius 2 is 1.85 bits per heavy atom. The normalized spacial score (nSPS) is 14.2. The van der Waals surface area contributed by atoms with Gasteiger partial charge in [-0.15, -0.1) is 11.3 Å². The molecule has 41 heavy (non-hydrogen) atoms. The lowest BCUT2D eigenvalue weighted by atomic mass is 9.88. The molecule has 2 N–H and O–H groups in total. The number of halogens is 1. The van der Waals surface area contributed by atoms with Gasteiger partial charge in [0.2, 0.25) is 0 Å². The third kappa shape index (κ3) is 7.39. The van der Waals surface area contributed by atoms with Gasteiger partial charge in [0.15, 0.2) is 0 Å². The molecule has 2 aromatic carbocycles. The van der Waals surface area contributed by atoms with Crippen molar-refractivity contribution in [2.24, 2.45) is 11.0 Å². The fraction of sp³-hybridized carbons (Fsp3) is 0.276. The minimum atomic E-state index is -1.04. The molecule has 0 unspecified atom stereocenters. The number of rotatable bonds is 8. The monoisotopic (exact) mass is 641 g/mol. The molecule has 4 rings (SSSR count). The van der Waals surface area contributed by atoms with E-state index in [0.29, 0.717) is 39.3 Å². The van der Waals surface area contributed by atoms with Crippen LogP contribution in [0.3, 0.4) is 0 Å². The quantitative estimate of drug-likeness (QED) is 0.115. The summed E-state index contributed by atoms with van der Waals surface area (Å²) in [6.45, 7) is 4.03. The molecule has 0 bridgehead atoms. The average Bonchev–Trinajstić information content (AvgIpc) is 3.31. The number of thiophene rings is 1. The maximum absolute atomic E-state index is 12.7. The number of nitrogens with zero attached hydrogens (tertiary/aromatic N) is 1. The topological polar surface area (TPSA) is 132 Å². The lowest BCUT2D eigenvalue weighted by Crippen LogP contribution is -2.32. The number of hydrogen-bond donors (Lipinski definition) is 2. The highest BCUT2D eigenvalue weighted by molar-refractivity contribution is 9.10. The summed E-state index contributed by atoms with van der Waals surface area (Å²) in [5.41, 5.74) is 4.03. The van der Waals surface area contributed by atoms with Gasteiger partial charge in [-0.05, 0) is 80.1 Å². The molecule has 214 valence electrons. The van der Waals surface area contributed by atoms with E-state index in [1.165, 1.54) is 24.7 Å². The van der Waals surface area contributed by atoms with Crippen molar-refractivity contribution in [3.8, 4) is 11.5 Å². The van der Waals surface area contributed by atoms with E-state index in [-0.39, 0.29) is 17.4 Å². The zero-order chi connectivity index (χ0) is 29.5. The van der Waals surface area contributed by atoms with Crippen molar-refractivity contribution in [2.75, 3.05) is 19.0 Å². The third-order valence-electron chi connectivity index (χ3n) is 6.29. The van der Waals surface area contributed by atoms with Crippen LogP contribution in [0.25, 0.3) is 0 Å². The zero-order valence-electron chi connectivity index (χ0n) is 22.6. The Balaban J connectivity index is 1.44. The summed E-state index contributed by atoms with van der Waals surface area (Å²) < 4.78 is 16.5. The van der Waals surface area contributed by atoms with E-state index in [1.54, 1.807) is 49.4 Å². The van der Waals surface area contributed by atoms with E-state index >= 15 is 0 Å². The molecule has 1 aromatic heterocycles. The molecule has 0 saturated carbocycles. The number of methoxy groups -OCH3 is 1. The number of fused-ring (bicyclic) bond motifs is 1. The van der Waals surface area contributed by atoms with Crippen LogP contribution in [0.2, 0.25) is 0 Å². The number of benzene rings is 2. The Kier molecular flexibility index (Phi) is 9.90. The Bertz CT molecular complexity index is 1500. The largest absolute Gasteiger partial charge is 0.497 e. The molecule has 1 heterocycles. The van der Waals surface area contributed by atoms with Crippen molar-refractivity contribution in [1.82, 2.24) is 5.43 Å². The second kappa shape index (κ2) is 13.6. The number of ether oxygens (including phenoxy) is 3. The smallest absolute Gasteiger partial charge is 0.343 e. The SMILES string of the molecule is CCOC(=O)c1c(NC(=O)C(=O)N/N=C\c2cc(Br)ccc2OC(=O)c2ccc(OC)cc2)sc2c1CC[C@@H](C)C2. The lowest BCUT2D eigenvalue weighted by molar-refractivity contribution is -0.136. The molecule has 0 spiro atoms. The van der Waals surface area contributed by atoms with E-state index in [0.717, 1.165) is 23.3 Å². The standard InChI is InChI=1S/C29H28BrN3O7S/c1-4-39-29(37)24-21-11-5-16(2)13-23(21)41-27(24)32-25(34)26(35)33-31-15-18-14-19(30)8-12-22(18)40-28(36)17-6-9-20(38-3)10-7-17/h6-10,12,14-16H,4-5,11,13H2,1-3H3,(H,32,34)(H,33,35)/b31-15-/t16-/m1/s1. The van der Waals surface area contributed by atoms with Crippen molar-refractivity contribution < 1.29 is 33.4 Å². The first-order valence-corrected chi connectivity index (χ1v) is 14.4. The molecular weight excluding hydrogens is 614 g/mol. The number of carbonyl (C=O) groups excluding carboxylic acids is 4. The predicted octanol–water partition coefficient (Wildman–Crippen LogP) is 5.13. The number of carbonyl (C=O) groups is 4. The van der Waals surface area contributed by atoms with Gasteiger partial charge in [0.05, 0.1) is 31.1 Å². The van der Waals surface area contributed by atoms with Crippen LogP contribution in [-0.2, 0) is 27.2 Å². The first kappa shape index (κ1) is 29.9. The van der Waals surface area contributed by atoms with E-state index in [4.69, 9.17) is 14.2 Å². The van der Waals surface area contributed by atoms with Gasteiger partial charge in [0, 0.05) is 14.9 Å². The van der Waals surface area contributed by atoms with Gasteiger partial charge in [-0.3, -0.25) is 9.59 Å². The number of hydrazone groups is 1. The lowest BCUT2D eigenvalue weighted by Gasteiger charge is -2.18. The van der Waals surface area contributed by atoms with Gasteiger partial charge in [-0.2, -0.15) is 5.10 Å². The van der Waals surface area contributed by atoms with Crippen LogP contribution < -0.4 is 20.2 Å². The molecule has 1 atom stereocenters. The summed E-state index contributed by atoms with van der Waals surface area (Å²) in [7, 11) is 1.53. The Morgan fingerprint density at radius 3 is 2.56 bits per heavy atom. The maximum Gasteiger partial charge on any atom is 0.343 e. The van der Waals surface area contributed by atoms with Crippen LogP contribution in [0.1, 0.15) is 57.0 Å². The highest BCUT2D eigenvalue weighted by atomic mass is 79.9. The van der Waals surface area contributed by atoms with Crippen LogP contribution in [0.15, 0.2) is 52.0 Å². The summed E-state index contributed by atoms with van der Waals surface area (Å²) in [5.74, 6) is -1.91. The highest BCUT2D eigenvalue weighted by Gasteiger charge is 2.30. The zero-order valence-corrected chi connectivity index (χ0v) is 25.0. The molecule has 0 saturated heterocycles. The van der Waals surface area contributed by atoms with Gasteiger partial charge in [0.1, 0.15) is 16.5 Å². The van der Waals surface area contributed by atoms with Crippen molar-refractivity contribution >= 4 is 62.2 Å². The first-order chi connectivity index (χ1) is 19.7. The summed E-state index contributed by atoms with van der Waals surface area (Å²) >= 11 is 4.64. The first-order valence-electron chi connectivity index (χ1n) is 12.8. The fourth-order valence-corrected chi connectivity index (χ4v) is 6.00. The van der Waals surface area contributed by atoms with Gasteiger partial charge in [0.25, 0.3) is 0 Å². The van der Waals surface area contributed by atoms with E-state index in [2.05, 4.69) is 38.7 Å². The number of anilines is 1. The van der Waals surface area contributed by atoms with Crippen molar-refractivity contribution in [2.45, 2.75) is 33.1 Å². The second-order valence-electron chi connectivity index (χ2n) is 9.23. The van der Waals surface area contributed by atoms with Crippen molar-refractivity contribution in [1.29, 1.82) is 0 Å². The minimum Gasteiger partial charge on any atom is -0.497 e. The Labute approximate surface area is 249 Å². The number of esters is 2. The van der Waals surface area contributed by atoms with Crippen molar-refractivity contribution in [3.63, 3.8) is 0 Å². The molecule has 1 aliphatic rings. The van der Waals surface area contributed by atoms with Crippen molar-refractivity contribution in [3.05, 3.63) is 74.1 Å². The summed E-state index contributed by atoms with van der Waals surface area (Å²) in [4.78, 5) is 51.6. The summed E-state index contributed by atoms with van der Waals surface area (Å²) in [5, 5.41) is 6.70. The molecule has 1 aliphatic carbocycles. The van der Waals surface area contributed by atoms with E-state index in [1.807, 2.05) is 0 Å². The number of nitrogens with one attached hydrogen (secondary N) is 2. The Hall–Kier alpha value is -4.03. The predicted molar refractivity (Wildman–Crippen MR) is 158 cm³/mol. The van der Waals surface area contributed by atoms with Crippen LogP contribution in [0.4, 0.5) is 5.00 Å². The summed E-state index contributed by atoms with van der Waals surface area (Å²) in [6, 6.07) is 11.3. The second-order valence-corrected chi connectivity index (χ2v) is 11.3. The molecule has 0 fully saturated rings. The van der Waals surface area contributed by atoms with Gasteiger partial charge < -0.3 is 19.5 Å². The highest BCUT2D eigenvalue weighted by Crippen LogP contribution is 2.40. The molecule has 12 heteroatoms. The van der Waals surface area contributed by atoms with Crippen LogP contribution in [-0.4, -0.2) is 43.7 Å². The van der Waals surface area contributed by atoms with Crippen LogP contribution in [0, 0.1) is 5.92 Å². The molecule has 10 nitrogen and oxygen atoms in total. The fourth-order valence-electron chi connectivity index (χ4n) is 4.23. The van der Waals surface area contributed by atoms with Crippen LogP contribution in [0.5, 0.6) is 11.5 Å². The van der Waals surface area contributed by atoms with Gasteiger partial charge in [-0.1, -0.05) is 22.9 Å². The van der Waals surface area contributed by atoms with E-state index < -0.39 is 23.8 Å². The molecule has 2 amide bonds. The van der Waals surface area contributed by atoms with Gasteiger partial charge >= 0.3 is 23.8 Å². The minimum absolute atomic E-state index is 0.189. The Morgan fingerprint density at radius 1 is 1.10 bits per heavy atom. The molecular formula is C29H28BrN3O7S. The van der Waals surface area contributed by atoms with Crippen LogP contribution >= 0.6 is 27.3 Å². The third-order valence-corrected chi connectivity index (χ3v) is 7.96. The molecule has 0 radical (unpaired) electrons.